The number of hydrogen-bond donors (Lipinski definition) is 1. The van der Waals surface area contributed by atoms with Crippen molar-refractivity contribution in [2.24, 2.45) is 0 Å². The van der Waals surface area contributed by atoms with Crippen LogP contribution in [0.15, 0.2) is 12.3 Å². The van der Waals surface area contributed by atoms with Gasteiger partial charge >= 0.3 is 0 Å². The highest BCUT2D eigenvalue weighted by Gasteiger charge is 2.13. The molecule has 1 aromatic heterocycles. The minimum Gasteiger partial charge on any atom is -0.466 e. The van der Waals surface area contributed by atoms with Crippen LogP contribution in [0.3, 0.4) is 0 Å². The van der Waals surface area contributed by atoms with Crippen molar-refractivity contribution >= 4 is 11.6 Å². The summed E-state index contributed by atoms with van der Waals surface area (Å²) in [5.41, 5.74) is 0.634. The molecule has 0 amide bonds. The Morgan fingerprint density at radius 1 is 1.60 bits per heavy atom. The Bertz CT molecular complexity index is 320. The van der Waals surface area contributed by atoms with E-state index in [0.717, 1.165) is 0 Å². The minimum atomic E-state index is -0.600. The van der Waals surface area contributed by atoms with E-state index < -0.39 is 6.10 Å². The summed E-state index contributed by atoms with van der Waals surface area (Å²) in [4.78, 5) is 3.88. The number of aromatic nitrogens is 1. The van der Waals surface area contributed by atoms with E-state index in [1.54, 1.807) is 6.07 Å². The molecular weight excluding hydrogens is 218 g/mol. The van der Waals surface area contributed by atoms with Crippen molar-refractivity contribution in [1.29, 1.82) is 0 Å². The normalized spacial score (nSPS) is 12.5. The van der Waals surface area contributed by atoms with Gasteiger partial charge in [-0.1, -0.05) is 18.5 Å². The van der Waals surface area contributed by atoms with Gasteiger partial charge in [0.1, 0.15) is 10.9 Å². The van der Waals surface area contributed by atoms with Gasteiger partial charge < -0.3 is 14.6 Å². The second kappa shape index (κ2) is 5.90. The van der Waals surface area contributed by atoms with Crippen molar-refractivity contribution in [2.75, 3.05) is 13.9 Å². The number of methoxy groups -OCH3 is 1. The lowest BCUT2D eigenvalue weighted by molar-refractivity contribution is 0.0475. The first-order valence-corrected chi connectivity index (χ1v) is 5.02. The zero-order valence-corrected chi connectivity index (χ0v) is 9.49. The maximum Gasteiger partial charge on any atom is 0.188 e. The van der Waals surface area contributed by atoms with Gasteiger partial charge in [0.05, 0.1) is 12.3 Å². The number of nitrogens with zero attached hydrogens (tertiary/aromatic N) is 1. The third-order valence-corrected chi connectivity index (χ3v) is 2.15. The number of ether oxygens (including phenoxy) is 2. The van der Waals surface area contributed by atoms with Crippen LogP contribution in [0.25, 0.3) is 0 Å². The van der Waals surface area contributed by atoms with Gasteiger partial charge in [-0.25, -0.2) is 4.98 Å². The second-order valence-electron chi connectivity index (χ2n) is 3.02. The van der Waals surface area contributed by atoms with Crippen LogP contribution in [-0.4, -0.2) is 24.0 Å². The van der Waals surface area contributed by atoms with Crippen molar-refractivity contribution in [3.05, 3.63) is 23.0 Å². The van der Waals surface area contributed by atoms with Crippen LogP contribution < -0.4 is 4.74 Å². The summed E-state index contributed by atoms with van der Waals surface area (Å²) < 4.78 is 10.0. The van der Waals surface area contributed by atoms with Crippen LogP contribution in [0.1, 0.15) is 25.0 Å². The second-order valence-corrected chi connectivity index (χ2v) is 3.41. The zero-order valence-electron chi connectivity index (χ0n) is 8.74. The van der Waals surface area contributed by atoms with Crippen LogP contribution in [-0.2, 0) is 4.74 Å². The van der Waals surface area contributed by atoms with E-state index in [2.05, 4.69) is 4.98 Å². The average molecular weight is 232 g/mol. The summed E-state index contributed by atoms with van der Waals surface area (Å²) in [7, 11) is 1.53. The first-order valence-electron chi connectivity index (χ1n) is 4.64. The van der Waals surface area contributed by atoms with Crippen molar-refractivity contribution in [3.8, 4) is 5.75 Å². The van der Waals surface area contributed by atoms with Crippen molar-refractivity contribution in [2.45, 2.75) is 19.4 Å². The summed E-state index contributed by atoms with van der Waals surface area (Å²) >= 11 is 5.74. The Kier molecular flexibility index (Phi) is 4.81. The average Bonchev–Trinajstić information content (AvgIpc) is 2.26. The Hall–Kier alpha value is -0.840. The number of hydrogen-bond acceptors (Lipinski definition) is 4. The number of aliphatic hydroxyl groups excluding tert-OH is 1. The Balaban J connectivity index is 2.92. The van der Waals surface area contributed by atoms with E-state index in [1.807, 2.05) is 6.92 Å². The van der Waals surface area contributed by atoms with Crippen LogP contribution in [0.4, 0.5) is 0 Å². The molecule has 0 bridgehead atoms. The molecule has 0 aliphatic carbocycles. The quantitative estimate of drug-likeness (QED) is 0.623. The largest absolute Gasteiger partial charge is 0.466 e. The van der Waals surface area contributed by atoms with Crippen molar-refractivity contribution in [3.63, 3.8) is 0 Å². The van der Waals surface area contributed by atoms with Gasteiger partial charge in [-0.3, -0.25) is 0 Å². The Morgan fingerprint density at radius 2 is 2.33 bits per heavy atom. The third kappa shape index (κ3) is 3.34. The lowest BCUT2D eigenvalue weighted by Gasteiger charge is -2.14. The molecule has 0 saturated carbocycles. The highest BCUT2D eigenvalue weighted by Crippen LogP contribution is 2.28. The summed E-state index contributed by atoms with van der Waals surface area (Å²) in [6.07, 6.45) is 1.47. The maximum absolute atomic E-state index is 9.73. The van der Waals surface area contributed by atoms with Gasteiger partial charge in [0.25, 0.3) is 0 Å². The fraction of sp³-hybridized carbons (Fsp3) is 0.500. The van der Waals surface area contributed by atoms with Crippen molar-refractivity contribution in [1.82, 2.24) is 4.98 Å². The number of rotatable bonds is 5. The van der Waals surface area contributed by atoms with E-state index in [4.69, 9.17) is 21.1 Å². The maximum atomic E-state index is 9.73. The van der Waals surface area contributed by atoms with Crippen molar-refractivity contribution < 1.29 is 14.6 Å². The van der Waals surface area contributed by atoms with E-state index in [1.165, 1.54) is 13.3 Å². The van der Waals surface area contributed by atoms with Gasteiger partial charge in [-0.05, 0) is 12.5 Å². The molecule has 84 valence electrons. The van der Waals surface area contributed by atoms with Gasteiger partial charge in [-0.2, -0.15) is 0 Å². The summed E-state index contributed by atoms with van der Waals surface area (Å²) in [5.74, 6) is 0.496. The number of pyridine rings is 1. The van der Waals surface area contributed by atoms with Gasteiger partial charge in [-0.15, -0.1) is 0 Å². The monoisotopic (exact) mass is 231 g/mol. The molecule has 1 heterocycles. The molecule has 1 aromatic rings. The SMILES string of the molecule is CCC(O)c1cc(Cl)ncc1OCOC. The third-order valence-electron chi connectivity index (χ3n) is 1.94. The van der Waals surface area contributed by atoms with Crippen LogP contribution in [0, 0.1) is 0 Å². The van der Waals surface area contributed by atoms with E-state index >= 15 is 0 Å². The molecule has 0 aliphatic rings. The van der Waals surface area contributed by atoms with Crippen LogP contribution in [0.2, 0.25) is 5.15 Å². The van der Waals surface area contributed by atoms with Gasteiger partial charge in [0.2, 0.25) is 0 Å². The molecule has 0 saturated heterocycles. The predicted octanol–water partition coefficient (Wildman–Crippen LogP) is 2.16. The predicted molar refractivity (Wildman–Crippen MR) is 57.0 cm³/mol. The molecule has 1 rings (SSSR count). The number of aliphatic hydroxyl groups is 1. The first kappa shape index (κ1) is 12.2. The lowest BCUT2D eigenvalue weighted by atomic mass is 10.1. The topological polar surface area (TPSA) is 51.6 Å². The Morgan fingerprint density at radius 3 is 2.93 bits per heavy atom. The van der Waals surface area contributed by atoms with Crippen LogP contribution in [0.5, 0.6) is 5.75 Å². The van der Waals surface area contributed by atoms with E-state index in [0.29, 0.717) is 22.9 Å². The molecule has 0 fully saturated rings. The molecular formula is C10H14ClNO3. The summed E-state index contributed by atoms with van der Waals surface area (Å²) in [5, 5.41) is 10.1. The van der Waals surface area contributed by atoms with E-state index in [9.17, 15) is 5.11 Å². The Labute approximate surface area is 93.8 Å². The fourth-order valence-corrected chi connectivity index (χ4v) is 1.32. The summed E-state index contributed by atoms with van der Waals surface area (Å²) in [6.45, 7) is 1.99. The molecule has 0 radical (unpaired) electrons. The molecule has 4 nitrogen and oxygen atoms in total. The lowest BCUT2D eigenvalue weighted by Crippen LogP contribution is -2.05. The number of halogens is 1. The smallest absolute Gasteiger partial charge is 0.188 e. The molecule has 1 N–H and O–H groups in total. The molecule has 0 aliphatic heterocycles. The molecule has 0 spiro atoms. The summed E-state index contributed by atoms with van der Waals surface area (Å²) in [6, 6.07) is 1.60. The standard InChI is InChI=1S/C10H14ClNO3/c1-3-8(13)7-4-10(11)12-5-9(7)15-6-14-2/h4-5,8,13H,3,6H2,1-2H3. The molecule has 0 aromatic carbocycles. The van der Waals surface area contributed by atoms with Gasteiger partial charge in [0, 0.05) is 12.7 Å². The zero-order chi connectivity index (χ0) is 11.3. The minimum absolute atomic E-state index is 0.118. The highest BCUT2D eigenvalue weighted by molar-refractivity contribution is 6.29. The highest BCUT2D eigenvalue weighted by atomic mass is 35.5. The molecule has 1 unspecified atom stereocenters. The van der Waals surface area contributed by atoms with Gasteiger partial charge in [0.15, 0.2) is 6.79 Å². The molecule has 15 heavy (non-hydrogen) atoms. The fourth-order valence-electron chi connectivity index (χ4n) is 1.15. The molecule has 5 heteroatoms. The first-order chi connectivity index (χ1) is 7.19. The molecule has 1 atom stereocenters. The van der Waals surface area contributed by atoms with E-state index in [-0.39, 0.29) is 6.79 Å². The van der Waals surface area contributed by atoms with Crippen LogP contribution >= 0.6 is 11.6 Å².